The monoisotopic (exact) mass is 293 g/mol. The number of nitrogens with one attached hydrogen (secondary N) is 1. The van der Waals surface area contributed by atoms with Crippen LogP contribution in [0.4, 0.5) is 5.82 Å². The Balaban J connectivity index is 1.73. The molecule has 2 heterocycles. The third-order valence-corrected chi connectivity index (χ3v) is 3.17. The SMILES string of the molecule is Cc1oc(-c2ccccc2)nc1CC(=O)Nc1ccccn1. The second kappa shape index (κ2) is 6.22. The van der Waals surface area contributed by atoms with Crippen LogP contribution in [-0.4, -0.2) is 15.9 Å². The topological polar surface area (TPSA) is 68.0 Å². The van der Waals surface area contributed by atoms with Crippen LogP contribution < -0.4 is 5.32 Å². The second-order valence-electron chi connectivity index (χ2n) is 4.83. The van der Waals surface area contributed by atoms with Crippen LogP contribution in [0.15, 0.2) is 59.1 Å². The summed E-state index contributed by atoms with van der Waals surface area (Å²) >= 11 is 0. The molecule has 0 aliphatic rings. The molecule has 0 atom stereocenters. The van der Waals surface area contributed by atoms with Gasteiger partial charge in [0.1, 0.15) is 11.6 Å². The van der Waals surface area contributed by atoms with Gasteiger partial charge in [0.2, 0.25) is 11.8 Å². The molecule has 0 unspecified atom stereocenters. The van der Waals surface area contributed by atoms with Crippen LogP contribution >= 0.6 is 0 Å². The molecule has 0 aliphatic heterocycles. The number of oxazole rings is 1. The number of anilines is 1. The fraction of sp³-hybridized carbons (Fsp3) is 0.118. The zero-order valence-corrected chi connectivity index (χ0v) is 12.1. The number of hydrogen-bond acceptors (Lipinski definition) is 4. The standard InChI is InChI=1S/C17H15N3O2/c1-12-14(11-16(21)20-15-9-5-6-10-18-15)19-17(22-12)13-7-3-2-4-8-13/h2-10H,11H2,1H3,(H,18,20,21). The summed E-state index contributed by atoms with van der Waals surface area (Å²) in [6, 6.07) is 15.0. The summed E-state index contributed by atoms with van der Waals surface area (Å²) in [4.78, 5) is 20.5. The highest BCUT2D eigenvalue weighted by molar-refractivity contribution is 5.91. The van der Waals surface area contributed by atoms with Crippen LogP contribution in [0.1, 0.15) is 11.5 Å². The Labute approximate surface area is 128 Å². The van der Waals surface area contributed by atoms with E-state index in [-0.39, 0.29) is 12.3 Å². The first-order valence-electron chi connectivity index (χ1n) is 6.95. The number of hydrogen-bond donors (Lipinski definition) is 1. The van der Waals surface area contributed by atoms with Crippen molar-refractivity contribution in [2.45, 2.75) is 13.3 Å². The number of aromatic nitrogens is 2. The molecule has 3 aromatic rings. The van der Waals surface area contributed by atoms with Crippen LogP contribution in [-0.2, 0) is 11.2 Å². The number of aryl methyl sites for hydroxylation is 1. The van der Waals surface area contributed by atoms with Crippen molar-refractivity contribution in [1.29, 1.82) is 0 Å². The highest BCUT2D eigenvalue weighted by Crippen LogP contribution is 2.21. The first-order chi connectivity index (χ1) is 10.7. The lowest BCUT2D eigenvalue weighted by Gasteiger charge is -2.02. The van der Waals surface area contributed by atoms with Crippen molar-refractivity contribution in [3.05, 3.63) is 66.2 Å². The van der Waals surface area contributed by atoms with E-state index in [1.54, 1.807) is 18.3 Å². The Kier molecular flexibility index (Phi) is 3.96. The highest BCUT2D eigenvalue weighted by atomic mass is 16.4. The minimum absolute atomic E-state index is 0.152. The molecule has 2 aromatic heterocycles. The van der Waals surface area contributed by atoms with Gasteiger partial charge in [0.15, 0.2) is 0 Å². The predicted octanol–water partition coefficient (Wildman–Crippen LogP) is 3.23. The fourth-order valence-electron chi connectivity index (χ4n) is 2.07. The van der Waals surface area contributed by atoms with Gasteiger partial charge in [-0.15, -0.1) is 0 Å². The van der Waals surface area contributed by atoms with Crippen LogP contribution in [0.25, 0.3) is 11.5 Å². The van der Waals surface area contributed by atoms with E-state index < -0.39 is 0 Å². The van der Waals surface area contributed by atoms with E-state index in [1.807, 2.05) is 43.3 Å². The Bertz CT molecular complexity index is 767. The van der Waals surface area contributed by atoms with Crippen LogP contribution in [0, 0.1) is 6.92 Å². The van der Waals surface area contributed by atoms with E-state index in [1.165, 1.54) is 0 Å². The van der Waals surface area contributed by atoms with Crippen LogP contribution in [0.3, 0.4) is 0 Å². The first-order valence-corrected chi connectivity index (χ1v) is 6.95. The van der Waals surface area contributed by atoms with E-state index in [0.29, 0.717) is 23.2 Å². The molecule has 0 saturated heterocycles. The lowest BCUT2D eigenvalue weighted by atomic mass is 10.2. The van der Waals surface area contributed by atoms with Gasteiger partial charge >= 0.3 is 0 Å². The third-order valence-electron chi connectivity index (χ3n) is 3.17. The summed E-state index contributed by atoms with van der Waals surface area (Å²) in [7, 11) is 0. The minimum Gasteiger partial charge on any atom is -0.441 e. The van der Waals surface area contributed by atoms with Gasteiger partial charge in [-0.05, 0) is 31.2 Å². The molecule has 3 rings (SSSR count). The summed E-state index contributed by atoms with van der Waals surface area (Å²) in [5.41, 5.74) is 1.52. The zero-order chi connectivity index (χ0) is 15.4. The molecule has 1 aromatic carbocycles. The smallest absolute Gasteiger partial charge is 0.231 e. The van der Waals surface area contributed by atoms with Crippen LogP contribution in [0.2, 0.25) is 0 Å². The zero-order valence-electron chi connectivity index (χ0n) is 12.1. The minimum atomic E-state index is -0.172. The number of nitrogens with zero attached hydrogens (tertiary/aromatic N) is 2. The molecule has 0 radical (unpaired) electrons. The van der Waals surface area contributed by atoms with E-state index in [0.717, 1.165) is 5.56 Å². The summed E-state index contributed by atoms with van der Waals surface area (Å²) in [6.45, 7) is 1.81. The maximum Gasteiger partial charge on any atom is 0.231 e. The number of rotatable bonds is 4. The molecule has 1 N–H and O–H groups in total. The number of pyridine rings is 1. The van der Waals surface area contributed by atoms with Gasteiger partial charge in [-0.1, -0.05) is 24.3 Å². The summed E-state index contributed by atoms with van der Waals surface area (Å²) in [5, 5.41) is 2.73. The molecule has 5 heteroatoms. The molecule has 110 valence electrons. The third kappa shape index (κ3) is 3.20. The number of amides is 1. The maximum absolute atomic E-state index is 12.0. The average molecular weight is 293 g/mol. The lowest BCUT2D eigenvalue weighted by molar-refractivity contribution is -0.115. The summed E-state index contributed by atoms with van der Waals surface area (Å²) in [6.07, 6.45) is 1.78. The molecule has 0 fully saturated rings. The van der Waals surface area contributed by atoms with Crippen molar-refractivity contribution >= 4 is 11.7 Å². The predicted molar refractivity (Wildman–Crippen MR) is 83.2 cm³/mol. The van der Waals surface area contributed by atoms with E-state index in [9.17, 15) is 4.79 Å². The Hall–Kier alpha value is -2.95. The van der Waals surface area contributed by atoms with Crippen molar-refractivity contribution in [2.75, 3.05) is 5.32 Å². The average Bonchev–Trinajstić information content (AvgIpc) is 2.90. The fourth-order valence-corrected chi connectivity index (χ4v) is 2.07. The van der Waals surface area contributed by atoms with Crippen molar-refractivity contribution in [1.82, 2.24) is 9.97 Å². The molecule has 5 nitrogen and oxygen atoms in total. The molecule has 0 saturated carbocycles. The highest BCUT2D eigenvalue weighted by Gasteiger charge is 2.14. The summed E-state index contributed by atoms with van der Waals surface area (Å²) in [5.74, 6) is 1.53. The van der Waals surface area contributed by atoms with Gasteiger partial charge in [0, 0.05) is 11.8 Å². The van der Waals surface area contributed by atoms with Crippen molar-refractivity contribution < 1.29 is 9.21 Å². The first kappa shape index (κ1) is 14.0. The molecule has 0 spiro atoms. The van der Waals surface area contributed by atoms with E-state index in [4.69, 9.17) is 4.42 Å². The normalized spacial score (nSPS) is 10.4. The second-order valence-corrected chi connectivity index (χ2v) is 4.83. The van der Waals surface area contributed by atoms with Gasteiger partial charge in [-0.3, -0.25) is 4.79 Å². The van der Waals surface area contributed by atoms with E-state index in [2.05, 4.69) is 15.3 Å². The number of carbonyl (C=O) groups is 1. The van der Waals surface area contributed by atoms with E-state index >= 15 is 0 Å². The molecular formula is C17H15N3O2. The molecule has 1 amide bonds. The Morgan fingerprint density at radius 1 is 1.14 bits per heavy atom. The molecule has 0 aliphatic carbocycles. The van der Waals surface area contributed by atoms with Gasteiger partial charge in [0.25, 0.3) is 0 Å². The van der Waals surface area contributed by atoms with Crippen LogP contribution in [0.5, 0.6) is 0 Å². The number of carbonyl (C=O) groups excluding carboxylic acids is 1. The van der Waals surface area contributed by atoms with Crippen molar-refractivity contribution in [2.24, 2.45) is 0 Å². The lowest BCUT2D eigenvalue weighted by Crippen LogP contribution is -2.15. The largest absolute Gasteiger partial charge is 0.441 e. The van der Waals surface area contributed by atoms with Gasteiger partial charge < -0.3 is 9.73 Å². The Morgan fingerprint density at radius 3 is 2.64 bits per heavy atom. The van der Waals surface area contributed by atoms with Crippen molar-refractivity contribution in [3.63, 3.8) is 0 Å². The summed E-state index contributed by atoms with van der Waals surface area (Å²) < 4.78 is 5.65. The van der Waals surface area contributed by atoms with Gasteiger partial charge in [-0.25, -0.2) is 9.97 Å². The molecule has 0 bridgehead atoms. The van der Waals surface area contributed by atoms with Gasteiger partial charge in [0.05, 0.1) is 12.1 Å². The van der Waals surface area contributed by atoms with Crippen molar-refractivity contribution in [3.8, 4) is 11.5 Å². The quantitative estimate of drug-likeness (QED) is 0.802. The number of benzene rings is 1. The Morgan fingerprint density at radius 2 is 1.91 bits per heavy atom. The van der Waals surface area contributed by atoms with Gasteiger partial charge in [-0.2, -0.15) is 0 Å². The maximum atomic E-state index is 12.0. The molecule has 22 heavy (non-hydrogen) atoms. The molecular weight excluding hydrogens is 278 g/mol.